The van der Waals surface area contributed by atoms with Gasteiger partial charge >= 0.3 is 12.1 Å². The lowest BCUT2D eigenvalue weighted by atomic mass is 9.86. The van der Waals surface area contributed by atoms with Gasteiger partial charge in [-0.2, -0.15) is 0 Å². The van der Waals surface area contributed by atoms with Crippen molar-refractivity contribution in [2.45, 2.75) is 38.3 Å². The van der Waals surface area contributed by atoms with Crippen LogP contribution in [0.4, 0.5) is 4.79 Å². The number of esters is 1. The second kappa shape index (κ2) is 15.5. The number of methoxy groups -OCH3 is 1. The molecule has 0 saturated heterocycles. The molecule has 3 aromatic carbocycles. The van der Waals surface area contributed by atoms with Crippen molar-refractivity contribution in [1.29, 1.82) is 5.41 Å². The van der Waals surface area contributed by atoms with Crippen molar-refractivity contribution in [3.8, 4) is 16.9 Å². The minimum Gasteiger partial charge on any atom is -0.496 e. The molecule has 1 aliphatic rings. The summed E-state index contributed by atoms with van der Waals surface area (Å²) >= 11 is 0. The minimum absolute atomic E-state index is 0.0977. The molecule has 0 spiro atoms. The highest BCUT2D eigenvalue weighted by atomic mass is 16.5. The van der Waals surface area contributed by atoms with Crippen molar-refractivity contribution in [2.24, 2.45) is 5.92 Å². The van der Waals surface area contributed by atoms with Crippen LogP contribution in [-0.4, -0.2) is 68.5 Å². The molecule has 11 heteroatoms. The number of nitrogens with one attached hydrogen (secondary N) is 3. The highest BCUT2D eigenvalue weighted by Crippen LogP contribution is 2.29. The lowest BCUT2D eigenvalue weighted by Crippen LogP contribution is -2.39. The Morgan fingerprint density at radius 2 is 1.53 bits per heavy atom. The number of ether oxygens (including phenoxy) is 3. The molecular formula is C34H38N4O7. The molecule has 1 fully saturated rings. The molecule has 1 aliphatic carbocycles. The summed E-state index contributed by atoms with van der Waals surface area (Å²) in [5.41, 5.74) is 3.29. The zero-order valence-electron chi connectivity index (χ0n) is 25.6. The van der Waals surface area contributed by atoms with E-state index in [1.807, 2.05) is 36.4 Å². The van der Waals surface area contributed by atoms with Gasteiger partial charge in [0.15, 0.2) is 6.61 Å². The number of hydrogen-bond donors (Lipinski definition) is 3. The second-order valence-corrected chi connectivity index (χ2v) is 11.0. The number of amidine groups is 1. The van der Waals surface area contributed by atoms with Gasteiger partial charge in [-0.15, -0.1) is 0 Å². The SMILES string of the molecule is COc1ccc(-c2ccc(C(=N)NC(=O)OCc3ccccc3)cc2)cc1C(=O)N[C@H]1CC[C@H](C(=O)OCC(=O)N(C)C)CC1. The van der Waals surface area contributed by atoms with E-state index in [1.54, 1.807) is 50.5 Å². The predicted octanol–water partition coefficient (Wildman–Crippen LogP) is 4.53. The third-order valence-corrected chi connectivity index (χ3v) is 7.62. The van der Waals surface area contributed by atoms with Crippen LogP contribution in [0.2, 0.25) is 0 Å². The van der Waals surface area contributed by atoms with Gasteiger partial charge in [-0.05, 0) is 54.5 Å². The van der Waals surface area contributed by atoms with Gasteiger partial charge in [0, 0.05) is 25.7 Å². The van der Waals surface area contributed by atoms with Crippen molar-refractivity contribution in [3.05, 3.63) is 89.5 Å². The van der Waals surface area contributed by atoms with E-state index in [2.05, 4.69) is 10.6 Å². The van der Waals surface area contributed by atoms with E-state index in [0.29, 0.717) is 42.6 Å². The van der Waals surface area contributed by atoms with E-state index in [4.69, 9.17) is 19.6 Å². The Hall–Kier alpha value is -5.19. The molecule has 0 radical (unpaired) electrons. The van der Waals surface area contributed by atoms with Crippen LogP contribution >= 0.6 is 0 Å². The van der Waals surface area contributed by atoms with Crippen LogP contribution in [0, 0.1) is 11.3 Å². The smallest absolute Gasteiger partial charge is 0.413 e. The first-order valence-electron chi connectivity index (χ1n) is 14.7. The average molecular weight is 615 g/mol. The van der Waals surface area contributed by atoms with Crippen LogP contribution in [0.3, 0.4) is 0 Å². The molecule has 3 aromatic rings. The molecule has 1 saturated carbocycles. The summed E-state index contributed by atoms with van der Waals surface area (Å²) in [5, 5.41) is 13.8. The number of nitrogens with zero attached hydrogens (tertiary/aromatic N) is 1. The summed E-state index contributed by atoms with van der Waals surface area (Å²) in [6.45, 7) is -0.173. The number of rotatable bonds is 10. The van der Waals surface area contributed by atoms with Gasteiger partial charge < -0.3 is 24.4 Å². The maximum Gasteiger partial charge on any atom is 0.413 e. The predicted molar refractivity (Wildman–Crippen MR) is 168 cm³/mol. The van der Waals surface area contributed by atoms with E-state index in [1.165, 1.54) is 12.0 Å². The fourth-order valence-electron chi connectivity index (χ4n) is 4.94. The summed E-state index contributed by atoms with van der Waals surface area (Å²) < 4.78 is 15.8. The van der Waals surface area contributed by atoms with Crippen LogP contribution in [0.25, 0.3) is 11.1 Å². The maximum absolute atomic E-state index is 13.3. The van der Waals surface area contributed by atoms with Crippen LogP contribution in [0.5, 0.6) is 5.75 Å². The lowest BCUT2D eigenvalue weighted by molar-refractivity contribution is -0.155. The van der Waals surface area contributed by atoms with Gasteiger partial charge in [0.1, 0.15) is 18.2 Å². The summed E-state index contributed by atoms with van der Waals surface area (Å²) in [6.07, 6.45) is 1.60. The van der Waals surface area contributed by atoms with E-state index >= 15 is 0 Å². The molecule has 0 atom stereocenters. The Kier molecular flexibility index (Phi) is 11.3. The standard InChI is InChI=1S/C34H38N4O7/c1-38(2)30(39)21-44-33(41)25-13-16-27(17-14-25)36-32(40)28-19-26(15-18-29(28)43-3)23-9-11-24(12-10-23)31(35)37-34(42)45-20-22-7-5-4-6-8-22/h4-12,15,18-19,25,27H,13-14,16-17,20-21H2,1-3H3,(H,36,40)(H2,35,37,42)/t25-,27-. The lowest BCUT2D eigenvalue weighted by Gasteiger charge is -2.28. The topological polar surface area (TPSA) is 147 Å². The third-order valence-electron chi connectivity index (χ3n) is 7.62. The van der Waals surface area contributed by atoms with Crippen molar-refractivity contribution in [2.75, 3.05) is 27.8 Å². The number of amides is 3. The van der Waals surface area contributed by atoms with Gasteiger partial charge in [-0.1, -0.05) is 60.7 Å². The van der Waals surface area contributed by atoms with Crippen molar-refractivity contribution in [1.82, 2.24) is 15.5 Å². The first-order chi connectivity index (χ1) is 21.6. The normalized spacial score (nSPS) is 15.7. The van der Waals surface area contributed by atoms with Gasteiger partial charge in [-0.25, -0.2) is 4.79 Å². The van der Waals surface area contributed by atoms with Crippen molar-refractivity contribution >= 4 is 29.7 Å². The Balaban J connectivity index is 1.32. The summed E-state index contributed by atoms with van der Waals surface area (Å²) in [5.74, 6) is -0.914. The fraction of sp³-hybridized carbons (Fsp3) is 0.324. The van der Waals surface area contributed by atoms with Crippen LogP contribution in [-0.2, 0) is 25.7 Å². The molecule has 0 bridgehead atoms. The highest BCUT2D eigenvalue weighted by molar-refractivity contribution is 6.04. The molecule has 0 aliphatic heterocycles. The molecule has 4 rings (SSSR count). The fourth-order valence-corrected chi connectivity index (χ4v) is 4.94. The zero-order chi connectivity index (χ0) is 32.3. The summed E-state index contributed by atoms with van der Waals surface area (Å²) in [6, 6.07) is 21.5. The quantitative estimate of drug-likeness (QED) is 0.173. The Morgan fingerprint density at radius 3 is 2.18 bits per heavy atom. The molecular weight excluding hydrogens is 576 g/mol. The number of benzene rings is 3. The summed E-state index contributed by atoms with van der Waals surface area (Å²) in [4.78, 5) is 50.9. The number of likely N-dealkylation sites (N-methyl/N-ethyl adjacent to an activating group) is 1. The molecule has 3 N–H and O–H groups in total. The number of carbonyl (C=O) groups excluding carboxylic acids is 4. The van der Waals surface area contributed by atoms with Gasteiger partial charge in [0.05, 0.1) is 18.6 Å². The number of hydrogen-bond acceptors (Lipinski definition) is 8. The van der Waals surface area contributed by atoms with Gasteiger partial charge in [-0.3, -0.25) is 25.1 Å². The van der Waals surface area contributed by atoms with Crippen LogP contribution in [0.15, 0.2) is 72.8 Å². The molecule has 0 unspecified atom stereocenters. The van der Waals surface area contributed by atoms with E-state index < -0.39 is 6.09 Å². The Labute approximate surface area is 262 Å². The maximum atomic E-state index is 13.3. The van der Waals surface area contributed by atoms with E-state index in [0.717, 1.165) is 16.7 Å². The molecule has 0 aromatic heterocycles. The first-order valence-corrected chi connectivity index (χ1v) is 14.7. The number of alkyl carbamates (subject to hydrolysis) is 1. The van der Waals surface area contributed by atoms with Gasteiger partial charge in [0.25, 0.3) is 11.8 Å². The second-order valence-electron chi connectivity index (χ2n) is 11.0. The molecule has 236 valence electrons. The molecule has 3 amide bonds. The number of carbonyl (C=O) groups is 4. The Bertz CT molecular complexity index is 1520. The van der Waals surface area contributed by atoms with Crippen molar-refractivity contribution < 1.29 is 33.4 Å². The van der Waals surface area contributed by atoms with Gasteiger partial charge in [0.2, 0.25) is 0 Å². The van der Waals surface area contributed by atoms with Crippen LogP contribution < -0.4 is 15.4 Å². The summed E-state index contributed by atoms with van der Waals surface area (Å²) in [7, 11) is 4.71. The Morgan fingerprint density at radius 1 is 0.867 bits per heavy atom. The van der Waals surface area contributed by atoms with Crippen LogP contribution in [0.1, 0.15) is 47.2 Å². The monoisotopic (exact) mass is 614 g/mol. The van der Waals surface area contributed by atoms with E-state index in [9.17, 15) is 19.2 Å². The zero-order valence-corrected chi connectivity index (χ0v) is 25.6. The molecule has 11 nitrogen and oxygen atoms in total. The highest BCUT2D eigenvalue weighted by Gasteiger charge is 2.29. The largest absolute Gasteiger partial charge is 0.496 e. The molecule has 0 heterocycles. The third kappa shape index (κ3) is 9.15. The van der Waals surface area contributed by atoms with E-state index in [-0.39, 0.29) is 48.8 Å². The molecule has 45 heavy (non-hydrogen) atoms. The first kappa shape index (κ1) is 32.7. The minimum atomic E-state index is -0.719. The average Bonchev–Trinajstić information content (AvgIpc) is 3.06. The van der Waals surface area contributed by atoms with Crippen molar-refractivity contribution in [3.63, 3.8) is 0 Å².